The third-order valence-corrected chi connectivity index (χ3v) is 6.63. The number of halogens is 1. The molecule has 1 aliphatic rings. The zero-order chi connectivity index (χ0) is 23.1. The quantitative estimate of drug-likeness (QED) is 0.354. The van der Waals surface area contributed by atoms with Crippen LogP contribution in [0.2, 0.25) is 5.02 Å². The van der Waals surface area contributed by atoms with Crippen LogP contribution in [-0.2, 0) is 0 Å². The van der Waals surface area contributed by atoms with Gasteiger partial charge in [-0.15, -0.1) is 0 Å². The van der Waals surface area contributed by atoms with Gasteiger partial charge in [0.05, 0.1) is 17.8 Å². The molecule has 4 aromatic rings. The molecule has 0 saturated carbocycles. The van der Waals surface area contributed by atoms with E-state index in [4.69, 9.17) is 23.8 Å². The van der Waals surface area contributed by atoms with Crippen LogP contribution in [0, 0.1) is 13.8 Å². The molecular formula is C26H23ClN4OS. The minimum atomic E-state index is -0.138. The lowest BCUT2D eigenvalue weighted by Gasteiger charge is -2.28. The molecule has 2 atom stereocenters. The number of hydrogen-bond donors (Lipinski definition) is 2. The second kappa shape index (κ2) is 8.54. The molecule has 0 aliphatic carbocycles. The maximum atomic E-state index is 9.82. The number of phenolic OH excluding ortho intramolecular Hbond substituents is 1. The number of anilines is 1. The fourth-order valence-corrected chi connectivity index (χ4v) is 5.19. The second-order valence-electron chi connectivity index (χ2n) is 8.15. The first-order chi connectivity index (χ1) is 15.9. The molecule has 1 fully saturated rings. The summed E-state index contributed by atoms with van der Waals surface area (Å²) in [6.07, 6.45) is 1.80. The Labute approximate surface area is 203 Å². The van der Waals surface area contributed by atoms with Crippen LogP contribution in [0.5, 0.6) is 5.75 Å². The lowest BCUT2D eigenvalue weighted by atomic mass is 9.96. The zero-order valence-electron chi connectivity index (χ0n) is 18.2. The van der Waals surface area contributed by atoms with Gasteiger partial charge in [-0.25, -0.2) is 0 Å². The van der Waals surface area contributed by atoms with Crippen LogP contribution in [0.4, 0.5) is 5.69 Å². The van der Waals surface area contributed by atoms with Gasteiger partial charge in [-0.2, -0.15) is 0 Å². The fourth-order valence-electron chi connectivity index (χ4n) is 4.66. The molecule has 0 unspecified atom stereocenters. The monoisotopic (exact) mass is 474 g/mol. The average Bonchev–Trinajstić information content (AvgIpc) is 3.30. The summed E-state index contributed by atoms with van der Waals surface area (Å²) in [7, 11) is 0. The summed E-state index contributed by atoms with van der Waals surface area (Å²) in [4.78, 5) is 6.74. The molecule has 3 heterocycles. The van der Waals surface area contributed by atoms with Crippen LogP contribution < -0.4 is 10.2 Å². The minimum absolute atomic E-state index is 0.129. The Morgan fingerprint density at radius 1 is 0.970 bits per heavy atom. The predicted molar refractivity (Wildman–Crippen MR) is 136 cm³/mol. The number of pyridine rings is 1. The summed E-state index contributed by atoms with van der Waals surface area (Å²) in [6, 6.07) is 22.8. The van der Waals surface area contributed by atoms with Crippen LogP contribution in [-0.4, -0.2) is 19.8 Å². The van der Waals surface area contributed by atoms with Crippen LogP contribution in [0.15, 0.2) is 79.0 Å². The van der Waals surface area contributed by atoms with E-state index in [9.17, 15) is 5.11 Å². The minimum Gasteiger partial charge on any atom is -0.508 e. The molecule has 166 valence electrons. The lowest BCUT2D eigenvalue weighted by Crippen LogP contribution is -2.29. The topological polar surface area (TPSA) is 53.3 Å². The SMILES string of the molecule is Cc1cc([C@H]2[C@H](c3ccccn3)NC(=S)N2c2ccc(O)cc2)c(C)n1-c1cccc(Cl)c1. The number of hydrogen-bond acceptors (Lipinski definition) is 3. The molecule has 0 amide bonds. The highest BCUT2D eigenvalue weighted by Crippen LogP contribution is 2.44. The number of aryl methyl sites for hydroxylation is 1. The van der Waals surface area contributed by atoms with Gasteiger partial charge >= 0.3 is 0 Å². The molecule has 2 aromatic carbocycles. The number of aromatic nitrogens is 2. The normalized spacial score (nSPS) is 17.9. The van der Waals surface area contributed by atoms with Crippen molar-refractivity contribution in [3.63, 3.8) is 0 Å². The van der Waals surface area contributed by atoms with Gasteiger partial charge in [-0.1, -0.05) is 23.7 Å². The Morgan fingerprint density at radius 3 is 2.45 bits per heavy atom. The second-order valence-corrected chi connectivity index (χ2v) is 8.98. The standard InChI is InChI=1S/C26H23ClN4OS/c1-16-14-22(17(2)30(16)20-7-5-6-18(27)15-20)25-24(23-8-3-4-13-28-23)29-26(33)31(25)19-9-11-21(32)12-10-19/h3-15,24-25,32H,1-2H3,(H,29,33)/t24-,25-/m0/s1. The molecule has 0 bridgehead atoms. The molecule has 2 aromatic heterocycles. The van der Waals surface area contributed by atoms with Gasteiger partial charge in [-0.3, -0.25) is 4.98 Å². The summed E-state index contributed by atoms with van der Waals surface area (Å²) in [6.45, 7) is 4.22. The van der Waals surface area contributed by atoms with E-state index in [0.29, 0.717) is 10.1 Å². The van der Waals surface area contributed by atoms with Crippen molar-refractivity contribution in [3.8, 4) is 11.4 Å². The molecule has 5 rings (SSSR count). The predicted octanol–water partition coefficient (Wildman–Crippen LogP) is 6.03. The molecular weight excluding hydrogens is 452 g/mol. The van der Waals surface area contributed by atoms with Crippen molar-refractivity contribution in [2.45, 2.75) is 25.9 Å². The Kier molecular flexibility index (Phi) is 5.56. The Morgan fingerprint density at radius 2 is 1.76 bits per heavy atom. The van der Waals surface area contributed by atoms with E-state index in [2.05, 4.69) is 45.7 Å². The maximum absolute atomic E-state index is 9.82. The molecule has 1 aliphatic heterocycles. The number of nitrogens with zero attached hydrogens (tertiary/aromatic N) is 3. The first-order valence-corrected chi connectivity index (χ1v) is 11.5. The van der Waals surface area contributed by atoms with Gasteiger partial charge in [0.25, 0.3) is 0 Å². The van der Waals surface area contributed by atoms with Crippen LogP contribution in [0.1, 0.15) is 34.7 Å². The van der Waals surface area contributed by atoms with Gasteiger partial charge in [0.2, 0.25) is 0 Å². The summed E-state index contributed by atoms with van der Waals surface area (Å²) in [5.74, 6) is 0.216. The first-order valence-electron chi connectivity index (χ1n) is 10.7. The highest BCUT2D eigenvalue weighted by Gasteiger charge is 2.42. The third-order valence-electron chi connectivity index (χ3n) is 6.08. The molecule has 1 saturated heterocycles. The number of nitrogens with one attached hydrogen (secondary N) is 1. The number of rotatable bonds is 4. The molecule has 0 radical (unpaired) electrons. The third kappa shape index (κ3) is 3.86. The van der Waals surface area contributed by atoms with E-state index < -0.39 is 0 Å². The zero-order valence-corrected chi connectivity index (χ0v) is 19.8. The number of benzene rings is 2. The summed E-state index contributed by atoms with van der Waals surface area (Å²) in [5, 5.41) is 14.6. The van der Waals surface area contributed by atoms with E-state index in [-0.39, 0.29) is 17.8 Å². The fraction of sp³-hybridized carbons (Fsp3) is 0.154. The number of phenols is 1. The molecule has 33 heavy (non-hydrogen) atoms. The maximum Gasteiger partial charge on any atom is 0.174 e. The number of thiocarbonyl (C=S) groups is 1. The summed E-state index contributed by atoms with van der Waals surface area (Å²) < 4.78 is 2.22. The van der Waals surface area contributed by atoms with E-state index in [1.807, 2.05) is 48.5 Å². The van der Waals surface area contributed by atoms with E-state index >= 15 is 0 Å². The van der Waals surface area contributed by atoms with Crippen molar-refractivity contribution >= 4 is 34.6 Å². The van der Waals surface area contributed by atoms with Gasteiger partial charge in [0.15, 0.2) is 5.11 Å². The molecule has 7 heteroatoms. The summed E-state index contributed by atoms with van der Waals surface area (Å²) in [5.41, 5.74) is 6.19. The van der Waals surface area contributed by atoms with Crippen molar-refractivity contribution in [2.24, 2.45) is 0 Å². The van der Waals surface area contributed by atoms with Crippen molar-refractivity contribution in [1.82, 2.24) is 14.9 Å². The smallest absolute Gasteiger partial charge is 0.174 e. The highest BCUT2D eigenvalue weighted by molar-refractivity contribution is 7.80. The van der Waals surface area contributed by atoms with Crippen molar-refractivity contribution in [3.05, 3.63) is 107 Å². The average molecular weight is 475 g/mol. The molecule has 5 nitrogen and oxygen atoms in total. The van der Waals surface area contributed by atoms with Crippen LogP contribution in [0.25, 0.3) is 5.69 Å². The largest absolute Gasteiger partial charge is 0.508 e. The Hall–Kier alpha value is -3.35. The molecule has 2 N–H and O–H groups in total. The Balaban J connectivity index is 1.68. The van der Waals surface area contributed by atoms with Crippen molar-refractivity contribution < 1.29 is 5.11 Å². The van der Waals surface area contributed by atoms with Crippen LogP contribution >= 0.6 is 23.8 Å². The van der Waals surface area contributed by atoms with Crippen LogP contribution in [0.3, 0.4) is 0 Å². The van der Waals surface area contributed by atoms with E-state index in [1.54, 1.807) is 18.3 Å². The highest BCUT2D eigenvalue weighted by atomic mass is 35.5. The first kappa shape index (κ1) is 21.5. The summed E-state index contributed by atoms with van der Waals surface area (Å²) >= 11 is 12.1. The van der Waals surface area contributed by atoms with Gasteiger partial charge in [0.1, 0.15) is 5.75 Å². The number of aromatic hydroxyl groups is 1. The van der Waals surface area contributed by atoms with Crippen molar-refractivity contribution in [2.75, 3.05) is 4.90 Å². The van der Waals surface area contributed by atoms with Gasteiger partial charge in [-0.05, 0) is 92.3 Å². The van der Waals surface area contributed by atoms with Crippen molar-refractivity contribution in [1.29, 1.82) is 0 Å². The van der Waals surface area contributed by atoms with Gasteiger partial charge in [0, 0.05) is 34.0 Å². The molecule has 0 spiro atoms. The Bertz CT molecular complexity index is 1320. The van der Waals surface area contributed by atoms with E-state index in [0.717, 1.165) is 34.0 Å². The van der Waals surface area contributed by atoms with Gasteiger partial charge < -0.3 is 19.9 Å². The lowest BCUT2D eigenvalue weighted by molar-refractivity contribution is 0.475. The van der Waals surface area contributed by atoms with E-state index in [1.165, 1.54) is 0 Å².